The van der Waals surface area contributed by atoms with Crippen molar-refractivity contribution in [3.8, 4) is 0 Å². The second kappa shape index (κ2) is 6.00. The number of carbonyl (C=O) groups excluding carboxylic acids is 1. The van der Waals surface area contributed by atoms with Gasteiger partial charge in [0.1, 0.15) is 5.82 Å². The summed E-state index contributed by atoms with van der Waals surface area (Å²) in [5, 5.41) is 7.15. The van der Waals surface area contributed by atoms with E-state index in [0.717, 1.165) is 37.4 Å². The van der Waals surface area contributed by atoms with Gasteiger partial charge in [-0.2, -0.15) is 5.10 Å². The molecule has 3 N–H and O–H groups in total. The summed E-state index contributed by atoms with van der Waals surface area (Å²) in [6, 6.07) is 0. The topological polar surface area (TPSA) is 102 Å². The molecular formula is C14H19N7O. The number of primary amides is 1. The van der Waals surface area contributed by atoms with Crippen LogP contribution in [0.15, 0.2) is 18.6 Å². The molecule has 8 nitrogen and oxygen atoms in total. The number of amides is 1. The van der Waals surface area contributed by atoms with Gasteiger partial charge in [-0.25, -0.2) is 9.97 Å². The number of nitrogens with zero attached hydrogens (tertiary/aromatic N) is 5. The van der Waals surface area contributed by atoms with E-state index < -0.39 is 5.91 Å². The number of nitrogens with two attached hydrogens (primary N) is 1. The zero-order valence-electron chi connectivity index (χ0n) is 12.5. The van der Waals surface area contributed by atoms with Crippen LogP contribution in [-0.2, 0) is 7.05 Å². The smallest absolute Gasteiger partial charge is 0.271 e. The summed E-state index contributed by atoms with van der Waals surface area (Å²) in [5.74, 6) is 0.517. The summed E-state index contributed by atoms with van der Waals surface area (Å²) >= 11 is 0. The van der Waals surface area contributed by atoms with Gasteiger partial charge < -0.3 is 16.0 Å². The zero-order chi connectivity index (χ0) is 15.5. The highest BCUT2D eigenvalue weighted by Gasteiger charge is 2.18. The van der Waals surface area contributed by atoms with E-state index in [1.807, 2.05) is 7.05 Å². The van der Waals surface area contributed by atoms with E-state index in [4.69, 9.17) is 5.73 Å². The first-order chi connectivity index (χ1) is 10.6. The molecule has 0 atom stereocenters. The third-order valence-corrected chi connectivity index (χ3v) is 3.64. The van der Waals surface area contributed by atoms with Gasteiger partial charge >= 0.3 is 0 Å². The Morgan fingerprint density at radius 3 is 2.68 bits per heavy atom. The second-order valence-electron chi connectivity index (χ2n) is 5.37. The van der Waals surface area contributed by atoms with Crippen LogP contribution < -0.4 is 16.0 Å². The van der Waals surface area contributed by atoms with E-state index in [0.29, 0.717) is 5.82 Å². The van der Waals surface area contributed by atoms with Crippen LogP contribution in [0.4, 0.5) is 17.3 Å². The summed E-state index contributed by atoms with van der Waals surface area (Å²) in [6.45, 7) is 1.91. The molecule has 1 aliphatic heterocycles. The number of aromatic nitrogens is 4. The molecule has 2 aromatic heterocycles. The molecule has 0 unspecified atom stereocenters. The van der Waals surface area contributed by atoms with Crippen molar-refractivity contribution in [1.29, 1.82) is 0 Å². The minimum atomic E-state index is -0.607. The van der Waals surface area contributed by atoms with Crippen LogP contribution >= 0.6 is 0 Å². The minimum absolute atomic E-state index is 0.129. The molecule has 22 heavy (non-hydrogen) atoms. The monoisotopic (exact) mass is 301 g/mol. The number of hydrogen-bond donors (Lipinski definition) is 2. The van der Waals surface area contributed by atoms with E-state index in [1.54, 1.807) is 23.3 Å². The lowest BCUT2D eigenvalue weighted by Crippen LogP contribution is -2.30. The first kappa shape index (κ1) is 14.3. The molecule has 0 bridgehead atoms. The number of rotatable bonds is 4. The molecule has 2 aromatic rings. The van der Waals surface area contributed by atoms with Crippen LogP contribution in [0.25, 0.3) is 0 Å². The molecule has 1 saturated heterocycles. The Bertz CT molecular complexity index is 676. The summed E-state index contributed by atoms with van der Waals surface area (Å²) in [7, 11) is 1.82. The Morgan fingerprint density at radius 2 is 2.05 bits per heavy atom. The van der Waals surface area contributed by atoms with Crippen LogP contribution in [-0.4, -0.2) is 38.7 Å². The van der Waals surface area contributed by atoms with Crippen molar-refractivity contribution in [3.05, 3.63) is 24.3 Å². The van der Waals surface area contributed by atoms with Crippen molar-refractivity contribution in [2.45, 2.75) is 19.3 Å². The van der Waals surface area contributed by atoms with Gasteiger partial charge in [0.15, 0.2) is 11.5 Å². The third-order valence-electron chi connectivity index (χ3n) is 3.64. The summed E-state index contributed by atoms with van der Waals surface area (Å²) in [6.07, 6.45) is 8.58. The average Bonchev–Trinajstić information content (AvgIpc) is 2.93. The molecule has 0 saturated carbocycles. The van der Waals surface area contributed by atoms with E-state index in [2.05, 4.69) is 25.3 Å². The normalized spacial score (nSPS) is 14.9. The maximum absolute atomic E-state index is 11.6. The lowest BCUT2D eigenvalue weighted by molar-refractivity contribution is 0.0996. The van der Waals surface area contributed by atoms with Crippen LogP contribution in [0.2, 0.25) is 0 Å². The SMILES string of the molecule is Cn1cc(Nc2nc(N3CCCCC3)cnc2C(N)=O)cn1. The third kappa shape index (κ3) is 3.00. The first-order valence-electron chi connectivity index (χ1n) is 7.31. The van der Waals surface area contributed by atoms with E-state index >= 15 is 0 Å². The van der Waals surface area contributed by atoms with Gasteiger partial charge in [-0.1, -0.05) is 0 Å². The summed E-state index contributed by atoms with van der Waals surface area (Å²) < 4.78 is 1.66. The van der Waals surface area contributed by atoms with Crippen molar-refractivity contribution in [2.24, 2.45) is 12.8 Å². The number of anilines is 3. The number of nitrogens with one attached hydrogen (secondary N) is 1. The highest BCUT2D eigenvalue weighted by atomic mass is 16.1. The Kier molecular flexibility index (Phi) is 3.90. The zero-order valence-corrected chi connectivity index (χ0v) is 12.5. The molecule has 0 aromatic carbocycles. The predicted octanol–water partition coefficient (Wildman–Crippen LogP) is 1.04. The summed E-state index contributed by atoms with van der Waals surface area (Å²) in [4.78, 5) is 22.5. The average molecular weight is 301 g/mol. The van der Waals surface area contributed by atoms with Gasteiger partial charge in [-0.05, 0) is 19.3 Å². The van der Waals surface area contributed by atoms with Crippen molar-refractivity contribution < 1.29 is 4.79 Å². The fraction of sp³-hybridized carbons (Fsp3) is 0.429. The largest absolute Gasteiger partial charge is 0.364 e. The quantitative estimate of drug-likeness (QED) is 0.875. The van der Waals surface area contributed by atoms with Crippen molar-refractivity contribution >= 4 is 23.2 Å². The van der Waals surface area contributed by atoms with Crippen molar-refractivity contribution in [3.63, 3.8) is 0 Å². The van der Waals surface area contributed by atoms with Gasteiger partial charge in [-0.3, -0.25) is 9.48 Å². The standard InChI is InChI=1S/C14H19N7O/c1-20-9-10(7-17-20)18-14-12(13(15)22)16-8-11(19-14)21-5-3-2-4-6-21/h7-9H,2-6H2,1H3,(H2,15,22)(H,18,19). The number of piperidine rings is 1. The first-order valence-corrected chi connectivity index (χ1v) is 7.31. The molecule has 3 rings (SSSR count). The molecule has 1 aliphatic rings. The minimum Gasteiger partial charge on any atom is -0.364 e. The lowest BCUT2D eigenvalue weighted by atomic mass is 10.1. The second-order valence-corrected chi connectivity index (χ2v) is 5.37. The highest BCUT2D eigenvalue weighted by molar-refractivity contribution is 5.96. The molecular weight excluding hydrogens is 282 g/mol. The maximum Gasteiger partial charge on any atom is 0.271 e. The van der Waals surface area contributed by atoms with Gasteiger partial charge in [0.2, 0.25) is 0 Å². The molecule has 0 radical (unpaired) electrons. The number of carbonyl (C=O) groups is 1. The van der Waals surface area contributed by atoms with Crippen LogP contribution in [0.5, 0.6) is 0 Å². The van der Waals surface area contributed by atoms with Crippen LogP contribution in [0.3, 0.4) is 0 Å². The van der Waals surface area contributed by atoms with E-state index in [9.17, 15) is 4.79 Å². The molecule has 1 amide bonds. The molecule has 0 aliphatic carbocycles. The van der Waals surface area contributed by atoms with E-state index in [1.165, 1.54) is 6.42 Å². The number of hydrogen-bond acceptors (Lipinski definition) is 6. The Hall–Kier alpha value is -2.64. The summed E-state index contributed by atoms with van der Waals surface area (Å²) in [5.41, 5.74) is 6.25. The molecule has 1 fully saturated rings. The van der Waals surface area contributed by atoms with Gasteiger partial charge in [-0.15, -0.1) is 0 Å². The van der Waals surface area contributed by atoms with Gasteiger partial charge in [0.05, 0.1) is 18.1 Å². The molecule has 0 spiro atoms. The van der Waals surface area contributed by atoms with Crippen LogP contribution in [0, 0.1) is 0 Å². The van der Waals surface area contributed by atoms with Crippen molar-refractivity contribution in [1.82, 2.24) is 19.7 Å². The molecule has 116 valence electrons. The van der Waals surface area contributed by atoms with Crippen LogP contribution in [0.1, 0.15) is 29.8 Å². The van der Waals surface area contributed by atoms with Gasteiger partial charge in [0.25, 0.3) is 5.91 Å². The Labute approximate surface area is 128 Å². The maximum atomic E-state index is 11.6. The van der Waals surface area contributed by atoms with Crippen molar-refractivity contribution in [2.75, 3.05) is 23.3 Å². The molecule has 8 heteroatoms. The fourth-order valence-electron chi connectivity index (χ4n) is 2.55. The van der Waals surface area contributed by atoms with Gasteiger partial charge in [0, 0.05) is 26.3 Å². The molecule has 3 heterocycles. The predicted molar refractivity (Wildman–Crippen MR) is 83.1 cm³/mol. The van der Waals surface area contributed by atoms with E-state index in [-0.39, 0.29) is 5.69 Å². The Morgan fingerprint density at radius 1 is 1.27 bits per heavy atom. The number of aryl methyl sites for hydroxylation is 1. The lowest BCUT2D eigenvalue weighted by Gasteiger charge is -2.27. The fourth-order valence-corrected chi connectivity index (χ4v) is 2.55. The Balaban J connectivity index is 1.91. The highest BCUT2D eigenvalue weighted by Crippen LogP contribution is 2.22.